The van der Waals surface area contributed by atoms with E-state index in [0.29, 0.717) is 17.0 Å². The molecule has 0 saturated carbocycles. The van der Waals surface area contributed by atoms with Gasteiger partial charge in [-0.15, -0.1) is 0 Å². The summed E-state index contributed by atoms with van der Waals surface area (Å²) < 4.78 is 5.25. The molecule has 0 aromatic heterocycles. The fraction of sp³-hybridized carbons (Fsp3) is 0.160. The molecule has 0 radical (unpaired) electrons. The number of imide groups is 1. The van der Waals surface area contributed by atoms with Crippen LogP contribution in [-0.4, -0.2) is 25.0 Å². The third-order valence-corrected chi connectivity index (χ3v) is 5.82. The van der Waals surface area contributed by atoms with Crippen molar-refractivity contribution in [3.05, 3.63) is 90.0 Å². The predicted molar refractivity (Wildman–Crippen MR) is 117 cm³/mol. The van der Waals surface area contributed by atoms with Gasteiger partial charge in [0.2, 0.25) is 5.91 Å². The summed E-state index contributed by atoms with van der Waals surface area (Å²) in [5.74, 6) is -0.927. The lowest BCUT2D eigenvalue weighted by molar-refractivity contribution is -0.126. The first-order valence-electron chi connectivity index (χ1n) is 10.2. The van der Waals surface area contributed by atoms with Crippen LogP contribution < -0.4 is 14.7 Å². The molecule has 5 rings (SSSR count). The van der Waals surface area contributed by atoms with Crippen molar-refractivity contribution in [3.8, 4) is 11.8 Å². The number of hydrogen-bond acceptors (Lipinski definition) is 6. The number of hydrogen-bond donors (Lipinski definition) is 0. The lowest BCUT2D eigenvalue weighted by atomic mass is 9.90. The molecule has 0 N–H and O–H groups in total. The van der Waals surface area contributed by atoms with Crippen LogP contribution in [0.25, 0.3) is 0 Å². The largest absolute Gasteiger partial charge is 0.497 e. The van der Waals surface area contributed by atoms with Gasteiger partial charge in [0.25, 0.3) is 5.91 Å². The van der Waals surface area contributed by atoms with E-state index in [1.807, 2.05) is 30.3 Å². The third kappa shape index (κ3) is 3.09. The number of fused-ring (bicyclic) bond motifs is 1. The van der Waals surface area contributed by atoms with Crippen molar-refractivity contribution in [1.29, 1.82) is 5.26 Å². The number of methoxy groups -OCH3 is 1. The summed E-state index contributed by atoms with van der Waals surface area (Å²) in [6.07, 6.45) is -0.949. The van der Waals surface area contributed by atoms with E-state index in [4.69, 9.17) is 14.8 Å². The fourth-order valence-electron chi connectivity index (χ4n) is 4.31. The minimum Gasteiger partial charge on any atom is -0.497 e. The van der Waals surface area contributed by atoms with E-state index in [-0.39, 0.29) is 5.91 Å². The zero-order valence-corrected chi connectivity index (χ0v) is 17.2. The summed E-state index contributed by atoms with van der Waals surface area (Å²) in [5, 5.41) is 10.8. The van der Waals surface area contributed by atoms with Crippen molar-refractivity contribution < 1.29 is 19.2 Å². The van der Waals surface area contributed by atoms with E-state index in [0.717, 1.165) is 11.3 Å². The van der Waals surface area contributed by atoms with Gasteiger partial charge in [-0.25, -0.2) is 9.96 Å². The van der Waals surface area contributed by atoms with Crippen LogP contribution in [0, 0.1) is 17.2 Å². The number of amides is 2. The van der Waals surface area contributed by atoms with E-state index in [9.17, 15) is 9.59 Å². The van der Waals surface area contributed by atoms with E-state index in [1.54, 1.807) is 53.6 Å². The number of carbonyl (C=O) groups is 2. The average Bonchev–Trinajstić information content (AvgIpc) is 3.35. The second kappa shape index (κ2) is 7.84. The summed E-state index contributed by atoms with van der Waals surface area (Å²) in [4.78, 5) is 34.2. The van der Waals surface area contributed by atoms with Gasteiger partial charge in [0, 0.05) is 6.07 Å². The molecule has 3 atom stereocenters. The van der Waals surface area contributed by atoms with Crippen molar-refractivity contribution in [3.63, 3.8) is 0 Å². The Hall–Kier alpha value is -4.15. The number of ether oxygens (including phenoxy) is 1. The highest BCUT2D eigenvalue weighted by molar-refractivity contribution is 6.24. The van der Waals surface area contributed by atoms with Gasteiger partial charge in [-0.2, -0.15) is 5.26 Å². The highest BCUT2D eigenvalue weighted by Crippen LogP contribution is 2.47. The number of anilines is 2. The number of nitrogens with zero attached hydrogens (tertiary/aromatic N) is 3. The summed E-state index contributed by atoms with van der Waals surface area (Å²) in [5.41, 5.74) is 2.49. The van der Waals surface area contributed by atoms with Crippen molar-refractivity contribution in [1.82, 2.24) is 0 Å². The Labute approximate surface area is 185 Å². The fourth-order valence-corrected chi connectivity index (χ4v) is 4.31. The molecule has 0 unspecified atom stereocenters. The summed E-state index contributed by atoms with van der Waals surface area (Å²) >= 11 is 0. The highest BCUT2D eigenvalue weighted by atomic mass is 16.7. The van der Waals surface area contributed by atoms with E-state index in [2.05, 4.69) is 6.07 Å². The molecule has 3 aromatic carbocycles. The van der Waals surface area contributed by atoms with Crippen LogP contribution in [0.15, 0.2) is 78.9 Å². The van der Waals surface area contributed by atoms with Crippen LogP contribution >= 0.6 is 0 Å². The Kier molecular flexibility index (Phi) is 4.85. The molecule has 2 saturated heterocycles. The maximum atomic E-state index is 13.6. The molecule has 2 amide bonds. The summed E-state index contributed by atoms with van der Waals surface area (Å²) in [6.45, 7) is 0. The maximum absolute atomic E-state index is 13.6. The number of benzene rings is 3. The van der Waals surface area contributed by atoms with E-state index >= 15 is 0 Å². The van der Waals surface area contributed by atoms with Gasteiger partial charge in [-0.05, 0) is 42.0 Å². The van der Waals surface area contributed by atoms with Gasteiger partial charge >= 0.3 is 0 Å². The standard InChI is InChI=1S/C25H19N3O4/c1-31-20-9-5-8-19(14-20)27-24(29)21-22(17-12-10-16(15-26)11-13-17)28(32-23(21)25(27)30)18-6-3-2-4-7-18/h2-14,21-23H,1H3/t21-,22+,23+/m1/s1. The third-order valence-electron chi connectivity index (χ3n) is 5.82. The smallest absolute Gasteiger partial charge is 0.266 e. The minimum atomic E-state index is -0.949. The molecular formula is C25H19N3O4. The number of carbonyl (C=O) groups excluding carboxylic acids is 2. The van der Waals surface area contributed by atoms with Gasteiger partial charge in [0.1, 0.15) is 11.7 Å². The second-order valence-corrected chi connectivity index (χ2v) is 7.61. The molecule has 32 heavy (non-hydrogen) atoms. The number of hydroxylamine groups is 1. The first kappa shape index (κ1) is 19.8. The Morgan fingerprint density at radius 2 is 1.62 bits per heavy atom. The quantitative estimate of drug-likeness (QED) is 0.594. The van der Waals surface area contributed by atoms with Gasteiger partial charge < -0.3 is 4.74 Å². The van der Waals surface area contributed by atoms with Crippen molar-refractivity contribution in [2.45, 2.75) is 12.1 Å². The van der Waals surface area contributed by atoms with Crippen molar-refractivity contribution in [2.24, 2.45) is 5.92 Å². The van der Waals surface area contributed by atoms with Gasteiger partial charge in [-0.1, -0.05) is 36.4 Å². The number of nitriles is 1. The zero-order valence-electron chi connectivity index (χ0n) is 17.2. The molecule has 0 aliphatic carbocycles. The molecule has 2 aliphatic heterocycles. The molecule has 2 heterocycles. The van der Waals surface area contributed by atoms with Crippen LogP contribution in [0.4, 0.5) is 11.4 Å². The van der Waals surface area contributed by atoms with E-state index in [1.165, 1.54) is 12.0 Å². The van der Waals surface area contributed by atoms with Gasteiger partial charge in [0.15, 0.2) is 6.10 Å². The zero-order chi connectivity index (χ0) is 22.2. The van der Waals surface area contributed by atoms with Crippen LogP contribution in [0.3, 0.4) is 0 Å². The van der Waals surface area contributed by atoms with E-state index < -0.39 is 24.0 Å². The number of rotatable bonds is 4. The Bertz CT molecular complexity index is 1220. The van der Waals surface area contributed by atoms with Crippen LogP contribution in [0.1, 0.15) is 17.2 Å². The Balaban J connectivity index is 1.58. The summed E-state index contributed by atoms with van der Waals surface area (Å²) in [6, 6.07) is 24.8. The van der Waals surface area contributed by atoms with Crippen LogP contribution in [0.5, 0.6) is 5.75 Å². The normalized spacial score (nSPS) is 22.1. The topological polar surface area (TPSA) is 82.9 Å². The lowest BCUT2D eigenvalue weighted by Gasteiger charge is -2.28. The molecule has 7 nitrogen and oxygen atoms in total. The highest BCUT2D eigenvalue weighted by Gasteiger charge is 2.60. The first-order valence-corrected chi connectivity index (χ1v) is 10.2. The van der Waals surface area contributed by atoms with Crippen molar-refractivity contribution >= 4 is 23.2 Å². The molecular weight excluding hydrogens is 406 g/mol. The van der Waals surface area contributed by atoms with Crippen LogP contribution in [0.2, 0.25) is 0 Å². The molecule has 2 fully saturated rings. The first-order chi connectivity index (χ1) is 15.6. The average molecular weight is 425 g/mol. The molecule has 0 spiro atoms. The molecule has 2 aliphatic rings. The summed E-state index contributed by atoms with van der Waals surface area (Å²) in [7, 11) is 1.53. The Morgan fingerprint density at radius 1 is 0.906 bits per heavy atom. The maximum Gasteiger partial charge on any atom is 0.266 e. The predicted octanol–water partition coefficient (Wildman–Crippen LogP) is 3.62. The SMILES string of the molecule is COc1cccc(N2C(=O)[C@H]3[C@H](ON(c4ccccc4)[C@H]3c3ccc(C#N)cc3)C2=O)c1. The molecule has 158 valence electrons. The van der Waals surface area contributed by atoms with Gasteiger partial charge in [0.05, 0.1) is 36.2 Å². The lowest BCUT2D eigenvalue weighted by Crippen LogP contribution is -2.37. The molecule has 3 aromatic rings. The van der Waals surface area contributed by atoms with Gasteiger partial charge in [-0.3, -0.25) is 14.4 Å². The second-order valence-electron chi connectivity index (χ2n) is 7.61. The number of para-hydroxylation sites is 1. The Morgan fingerprint density at radius 3 is 2.31 bits per heavy atom. The molecule has 7 heteroatoms. The van der Waals surface area contributed by atoms with Crippen LogP contribution in [-0.2, 0) is 14.4 Å². The monoisotopic (exact) mass is 425 g/mol. The van der Waals surface area contributed by atoms with Crippen molar-refractivity contribution in [2.75, 3.05) is 17.1 Å². The molecule has 0 bridgehead atoms. The minimum absolute atomic E-state index is 0.332.